The van der Waals surface area contributed by atoms with Gasteiger partial charge in [0.2, 0.25) is 0 Å². The van der Waals surface area contributed by atoms with Crippen LogP contribution in [0.25, 0.3) is 207 Å². The van der Waals surface area contributed by atoms with E-state index in [2.05, 4.69) is 418 Å². The van der Waals surface area contributed by atoms with Crippen LogP contribution in [0.1, 0.15) is 84.4 Å². The lowest BCUT2D eigenvalue weighted by molar-refractivity contribution is 0.807. The Kier molecular flexibility index (Phi) is 16.2. The van der Waals surface area contributed by atoms with Gasteiger partial charge in [-0.3, -0.25) is 4.57 Å². The Morgan fingerprint density at radius 2 is 0.661 bits per heavy atom. The summed E-state index contributed by atoms with van der Waals surface area (Å²) in [6, 6.07) is 133. The van der Waals surface area contributed by atoms with E-state index in [1.165, 1.54) is 195 Å². The second-order valence-corrected chi connectivity index (χ2v) is 35.9. The number of fused-ring (bicyclic) bond motifs is 18. The van der Waals surface area contributed by atoms with Crippen LogP contribution in [-0.2, 0) is 0 Å². The second-order valence-electron chi connectivity index (χ2n) is 33.8. The summed E-state index contributed by atoms with van der Waals surface area (Å²) >= 11 is 3.82. The van der Waals surface area contributed by atoms with Crippen molar-refractivity contribution in [3.8, 4) is 101 Å². The molecule has 0 spiro atoms. The lowest BCUT2D eigenvalue weighted by atomic mass is 9.86. The first-order valence-electron chi connectivity index (χ1n) is 42.3. The van der Waals surface area contributed by atoms with E-state index >= 15 is 0 Å². The molecular formula is C114H81N5S2. The third-order valence-electron chi connectivity index (χ3n) is 26.1. The Bertz CT molecular complexity index is 8030. The van der Waals surface area contributed by atoms with Crippen molar-refractivity contribution >= 4 is 128 Å². The molecule has 17 aromatic carbocycles. The number of imidazole rings is 1. The summed E-state index contributed by atoms with van der Waals surface area (Å²) < 4.78 is 14.9. The van der Waals surface area contributed by atoms with Gasteiger partial charge in [-0.1, -0.05) is 258 Å². The Balaban J connectivity index is 0.693. The molecule has 5 nitrogen and oxygen atoms in total. The fraction of sp³-hybridized carbons (Fsp3) is 0.0789. The number of hydrogen-bond acceptors (Lipinski definition) is 3. The molecule has 1 aliphatic carbocycles. The van der Waals surface area contributed by atoms with E-state index in [0.29, 0.717) is 0 Å². The summed E-state index contributed by atoms with van der Waals surface area (Å²) in [7, 11) is 0. The molecule has 574 valence electrons. The first kappa shape index (κ1) is 70.9. The summed E-state index contributed by atoms with van der Waals surface area (Å²) in [6.45, 7) is 14.0. The van der Waals surface area contributed by atoms with Gasteiger partial charge in [0, 0.05) is 125 Å². The van der Waals surface area contributed by atoms with Crippen molar-refractivity contribution < 1.29 is 0 Å². The highest BCUT2D eigenvalue weighted by Crippen LogP contribution is 2.53. The third kappa shape index (κ3) is 11.1. The number of thiophene rings is 2. The molecule has 6 aromatic heterocycles. The van der Waals surface area contributed by atoms with Gasteiger partial charge in [0.25, 0.3) is 0 Å². The van der Waals surface area contributed by atoms with Crippen molar-refractivity contribution in [2.24, 2.45) is 0 Å². The molecule has 0 N–H and O–H groups in total. The van der Waals surface area contributed by atoms with E-state index in [-0.39, 0.29) is 17.8 Å². The molecule has 6 heterocycles. The van der Waals surface area contributed by atoms with Gasteiger partial charge in [0.15, 0.2) is 0 Å². The van der Waals surface area contributed by atoms with Crippen molar-refractivity contribution in [2.75, 3.05) is 0 Å². The van der Waals surface area contributed by atoms with Gasteiger partial charge in [-0.15, -0.1) is 22.7 Å². The predicted molar refractivity (Wildman–Crippen MR) is 515 cm³/mol. The molecule has 1 aliphatic rings. The molecule has 23 aromatic rings. The van der Waals surface area contributed by atoms with Crippen LogP contribution < -0.4 is 0 Å². The van der Waals surface area contributed by atoms with E-state index in [9.17, 15) is 0 Å². The summed E-state index contributed by atoms with van der Waals surface area (Å²) in [4.78, 5) is 5.04. The van der Waals surface area contributed by atoms with Gasteiger partial charge in [0.05, 0.1) is 38.8 Å². The van der Waals surface area contributed by atoms with Gasteiger partial charge in [-0.05, 0) is 242 Å². The molecule has 0 aliphatic heterocycles. The average molecular weight is 1590 g/mol. The minimum atomic E-state index is 0.129. The number of para-hydroxylation sites is 6. The Hall–Kier alpha value is -14.2. The van der Waals surface area contributed by atoms with Crippen LogP contribution in [0, 0.1) is 13.8 Å². The van der Waals surface area contributed by atoms with E-state index < -0.39 is 0 Å². The number of aromatic nitrogens is 5. The topological polar surface area (TPSA) is 32.6 Å². The van der Waals surface area contributed by atoms with Crippen LogP contribution in [0.3, 0.4) is 0 Å². The van der Waals surface area contributed by atoms with Crippen molar-refractivity contribution in [2.45, 2.75) is 59.3 Å². The number of benzene rings is 17. The van der Waals surface area contributed by atoms with Crippen molar-refractivity contribution in [3.05, 3.63) is 403 Å². The summed E-state index contributed by atoms with van der Waals surface area (Å²) in [5.41, 5.74) is 36.5. The third-order valence-corrected chi connectivity index (χ3v) is 28.5. The molecule has 0 unspecified atom stereocenters. The first-order chi connectivity index (χ1) is 59.5. The van der Waals surface area contributed by atoms with Gasteiger partial charge in [-0.2, -0.15) is 0 Å². The highest BCUT2D eigenvalue weighted by molar-refractivity contribution is 7.26. The van der Waals surface area contributed by atoms with Crippen LogP contribution in [0.15, 0.2) is 364 Å². The number of aryl methyl sites for hydroxylation is 2. The molecule has 0 radical (unpaired) electrons. The lowest BCUT2D eigenvalue weighted by Crippen LogP contribution is -2.08. The van der Waals surface area contributed by atoms with Crippen LogP contribution >= 0.6 is 22.7 Å². The molecular weight excluding hydrogens is 1500 g/mol. The van der Waals surface area contributed by atoms with E-state index in [4.69, 9.17) is 4.98 Å². The molecule has 121 heavy (non-hydrogen) atoms. The van der Waals surface area contributed by atoms with Crippen LogP contribution in [0.2, 0.25) is 0 Å². The van der Waals surface area contributed by atoms with Gasteiger partial charge in [0.1, 0.15) is 5.82 Å². The maximum Gasteiger partial charge on any atom is 0.144 e. The smallest absolute Gasteiger partial charge is 0.144 e. The quantitative estimate of drug-likeness (QED) is 0.113. The Morgan fingerprint density at radius 3 is 1.11 bits per heavy atom. The van der Waals surface area contributed by atoms with Gasteiger partial charge in [-0.25, -0.2) is 4.98 Å². The standard InChI is InChI=1S/C114H81N5S2/c1-67(2)94-60-78(61-95(68(3)4)111(94)116-53-52-115-114(116)71-26-8-7-9-27-71)77-57-75(72-44-48-82(69(5)54-72)98-63-80(118-104-40-22-16-32-88(104)89-33-17-23-41-105(89)118)65-100-96-59-74(46-50-108(96)120-112(98)100)110-92-36-12-10-28-84(92)85-29-11-13-37-93(85)110)56-76(58-77)73-45-49-83(70(6)55-73)99-64-81(119-106-42-24-18-34-90(106)91-35-19-25-43-107(91)119)66-101-97-62-79(47-51-109(97)121-113(99)101)117-102-38-20-14-30-86(102)87-31-15-21-39-103(87)117/h7-68,110H,1-6H3. The minimum absolute atomic E-state index is 0.129. The fourth-order valence-electron chi connectivity index (χ4n) is 20.5. The van der Waals surface area contributed by atoms with Crippen molar-refractivity contribution in [1.82, 2.24) is 23.3 Å². The maximum atomic E-state index is 5.04. The molecule has 0 amide bonds. The van der Waals surface area contributed by atoms with E-state index in [1.54, 1.807) is 0 Å². The summed E-state index contributed by atoms with van der Waals surface area (Å²) in [5.74, 6) is 1.46. The Morgan fingerprint density at radius 1 is 0.281 bits per heavy atom. The predicted octanol–water partition coefficient (Wildman–Crippen LogP) is 31.9. The number of nitrogens with zero attached hydrogens (tertiary/aromatic N) is 5. The molecule has 0 saturated carbocycles. The first-order valence-corrected chi connectivity index (χ1v) is 43.9. The van der Waals surface area contributed by atoms with Gasteiger partial charge >= 0.3 is 0 Å². The zero-order chi connectivity index (χ0) is 80.6. The Labute approximate surface area is 709 Å². The zero-order valence-corrected chi connectivity index (χ0v) is 69.6. The van der Waals surface area contributed by atoms with Crippen LogP contribution in [0.4, 0.5) is 0 Å². The molecule has 0 saturated heterocycles. The maximum absolute atomic E-state index is 5.04. The van der Waals surface area contributed by atoms with E-state index in [1.807, 2.05) is 28.9 Å². The molecule has 24 rings (SSSR count). The fourth-order valence-corrected chi connectivity index (χ4v) is 22.9. The molecule has 7 heteroatoms. The van der Waals surface area contributed by atoms with E-state index in [0.717, 1.165) is 50.7 Å². The molecule has 0 atom stereocenters. The SMILES string of the molecule is Cc1cc(-c2cc(-c3ccc(-c4cc(-n5c6ccccc6c6ccccc65)cc5c4sc4ccc(-n6c7ccccc7c7ccccc76)cc45)c(C)c3)cc(-c3cc(C(C)C)c(-n4ccnc4-c4ccccc4)c(C(C)C)c3)c2)ccc1-c1cc(-n2c3ccccc3c3ccccc32)cc2c1sc1ccc(C3c4ccccc4-c4ccccc43)cc12. The highest BCUT2D eigenvalue weighted by atomic mass is 32.1. The van der Waals surface area contributed by atoms with Crippen molar-refractivity contribution in [3.63, 3.8) is 0 Å². The monoisotopic (exact) mass is 1580 g/mol. The minimum Gasteiger partial charge on any atom is -0.309 e. The molecule has 0 bridgehead atoms. The van der Waals surface area contributed by atoms with Crippen LogP contribution in [0.5, 0.6) is 0 Å². The second kappa shape index (κ2) is 27.7. The lowest BCUT2D eigenvalue weighted by Gasteiger charge is -2.24. The summed E-state index contributed by atoms with van der Waals surface area (Å²) in [5, 5.41) is 12.5. The largest absolute Gasteiger partial charge is 0.309 e. The summed E-state index contributed by atoms with van der Waals surface area (Å²) in [6.07, 6.45) is 4.11. The van der Waals surface area contributed by atoms with Crippen LogP contribution in [-0.4, -0.2) is 23.3 Å². The zero-order valence-electron chi connectivity index (χ0n) is 67.9. The normalized spacial score (nSPS) is 12.5. The highest BCUT2D eigenvalue weighted by Gasteiger charge is 2.32. The number of rotatable bonds is 13. The molecule has 0 fully saturated rings. The van der Waals surface area contributed by atoms with Gasteiger partial charge < -0.3 is 13.7 Å². The average Bonchev–Trinajstić information content (AvgIpc) is 1.54. The van der Waals surface area contributed by atoms with Crippen molar-refractivity contribution in [1.29, 1.82) is 0 Å². The number of hydrogen-bond donors (Lipinski definition) is 0.